The fourth-order valence-electron chi connectivity index (χ4n) is 2.54. The van der Waals surface area contributed by atoms with Crippen LogP contribution in [0.1, 0.15) is 0 Å². The van der Waals surface area contributed by atoms with E-state index in [1.807, 2.05) is 0 Å². The van der Waals surface area contributed by atoms with Gasteiger partial charge in [-0.2, -0.15) is 0 Å². The highest BCUT2D eigenvalue weighted by Gasteiger charge is 2.26. The Morgan fingerprint density at radius 3 is 0.966 bits per heavy atom. The first-order chi connectivity index (χ1) is 13.5. The molecule has 0 radical (unpaired) electrons. The van der Waals surface area contributed by atoms with E-state index in [1.165, 1.54) is 12.4 Å². The number of hydrogen-bond acceptors (Lipinski definition) is 1. The molecule has 12 heteroatoms. The van der Waals surface area contributed by atoms with E-state index < -0.39 is 5.43 Å². The van der Waals surface area contributed by atoms with Crippen molar-refractivity contribution >= 4 is 116 Å². The molecule has 3 aromatic rings. The summed E-state index contributed by atoms with van der Waals surface area (Å²) in [4.78, 5) is 16.1. The topological polar surface area (TPSA) is 32.9 Å². The zero-order chi connectivity index (χ0) is 21.8. The molecule has 0 unspecified atom stereocenters. The van der Waals surface area contributed by atoms with Crippen LogP contribution < -0.4 is 5.43 Å². The Balaban J connectivity index is 2.41. The molecule has 0 aliphatic heterocycles. The van der Waals surface area contributed by atoms with E-state index >= 15 is 0 Å². The molecule has 0 saturated heterocycles. The lowest BCUT2D eigenvalue weighted by Crippen LogP contribution is -2.10. The van der Waals surface area contributed by atoms with Gasteiger partial charge in [0.1, 0.15) is 0 Å². The summed E-state index contributed by atoms with van der Waals surface area (Å²) in [6.45, 7) is 0. The number of aromatic nitrogens is 1. The molecule has 0 aliphatic rings. The number of pyridine rings is 1. The zero-order valence-corrected chi connectivity index (χ0v) is 20.9. The molecule has 29 heavy (non-hydrogen) atoms. The highest BCUT2D eigenvalue weighted by atomic mass is 35.5. The molecule has 0 atom stereocenters. The van der Waals surface area contributed by atoms with E-state index in [0.717, 1.165) is 0 Å². The van der Waals surface area contributed by atoms with E-state index in [2.05, 4.69) is 4.98 Å². The van der Waals surface area contributed by atoms with Crippen molar-refractivity contribution < 1.29 is 0 Å². The normalized spacial score (nSPS) is 11.2. The predicted octanol–water partition coefficient (Wildman–Crippen LogP) is 10.2. The van der Waals surface area contributed by atoms with Crippen LogP contribution in [0.4, 0.5) is 0 Å². The van der Waals surface area contributed by atoms with Crippen molar-refractivity contribution in [1.82, 2.24) is 4.98 Å². The minimum Gasteiger partial charge on any atom is -0.366 e. The number of rotatable bonds is 2. The van der Waals surface area contributed by atoms with Crippen LogP contribution in [-0.2, 0) is 0 Å². The quantitative estimate of drug-likeness (QED) is 0.233. The maximum Gasteiger partial charge on any atom is 0.197 e. The van der Waals surface area contributed by atoms with Crippen molar-refractivity contribution in [3.8, 4) is 22.3 Å². The molecule has 0 fully saturated rings. The highest BCUT2D eigenvalue weighted by Crippen LogP contribution is 2.49. The van der Waals surface area contributed by atoms with Crippen LogP contribution in [0.25, 0.3) is 22.3 Å². The van der Waals surface area contributed by atoms with Gasteiger partial charge in [-0.1, -0.05) is 116 Å². The average molecular weight is 592 g/mol. The predicted molar refractivity (Wildman–Crippen MR) is 128 cm³/mol. The lowest BCUT2D eigenvalue weighted by atomic mass is 10.0. The Hall–Kier alpha value is 0.290. The number of aromatic amines is 1. The fraction of sp³-hybridized carbons (Fsp3) is 0. The molecule has 2 aromatic carbocycles. The summed E-state index contributed by atoms with van der Waals surface area (Å²) in [6.07, 6.45) is 2.72. The summed E-state index contributed by atoms with van der Waals surface area (Å²) in [5, 5.41) is -0.545. The minimum atomic E-state index is -0.555. The molecule has 0 aliphatic carbocycles. The molecule has 0 bridgehead atoms. The van der Waals surface area contributed by atoms with Gasteiger partial charge in [0.2, 0.25) is 0 Å². The van der Waals surface area contributed by atoms with Gasteiger partial charge in [-0.05, 0) is 0 Å². The summed E-state index contributed by atoms with van der Waals surface area (Å²) >= 11 is 61.7. The minimum absolute atomic E-state index is 0.0345. The van der Waals surface area contributed by atoms with Gasteiger partial charge in [0.25, 0.3) is 0 Å². The maximum atomic E-state index is 13.3. The second kappa shape index (κ2) is 9.03. The van der Waals surface area contributed by atoms with E-state index in [1.54, 1.807) is 0 Å². The third-order valence-electron chi connectivity index (χ3n) is 3.90. The van der Waals surface area contributed by atoms with Gasteiger partial charge in [-0.25, -0.2) is 0 Å². The Labute approximate surface area is 214 Å². The maximum absolute atomic E-state index is 13.3. The second-order valence-corrected chi connectivity index (χ2v) is 9.28. The summed E-state index contributed by atoms with van der Waals surface area (Å²) in [7, 11) is 0. The van der Waals surface area contributed by atoms with Gasteiger partial charge < -0.3 is 4.98 Å². The molecule has 1 aromatic heterocycles. The van der Waals surface area contributed by atoms with Crippen LogP contribution >= 0.6 is 116 Å². The monoisotopic (exact) mass is 587 g/mol. The van der Waals surface area contributed by atoms with E-state index in [-0.39, 0.29) is 72.5 Å². The van der Waals surface area contributed by atoms with Crippen LogP contribution in [0.5, 0.6) is 0 Å². The van der Waals surface area contributed by atoms with E-state index in [0.29, 0.717) is 0 Å². The van der Waals surface area contributed by atoms with Crippen molar-refractivity contribution in [2.24, 2.45) is 0 Å². The van der Waals surface area contributed by atoms with Gasteiger partial charge in [0.05, 0.1) is 50.2 Å². The molecule has 0 spiro atoms. The van der Waals surface area contributed by atoms with Gasteiger partial charge in [0.15, 0.2) is 5.43 Å². The Morgan fingerprint density at radius 2 is 0.690 bits per heavy atom. The summed E-state index contributed by atoms with van der Waals surface area (Å²) in [5.74, 6) is 0. The highest BCUT2D eigenvalue weighted by molar-refractivity contribution is 6.57. The largest absolute Gasteiger partial charge is 0.366 e. The van der Waals surface area contributed by atoms with E-state index in [4.69, 9.17) is 116 Å². The van der Waals surface area contributed by atoms with Crippen LogP contribution in [0.3, 0.4) is 0 Å². The molecule has 1 heterocycles. The summed E-state index contributed by atoms with van der Waals surface area (Å²) in [6, 6.07) is 0. The summed E-state index contributed by atoms with van der Waals surface area (Å²) < 4.78 is 0. The molecule has 152 valence electrons. The van der Waals surface area contributed by atoms with E-state index in [9.17, 15) is 4.79 Å². The Bertz CT molecular complexity index is 1090. The number of benzene rings is 2. The number of halogens is 10. The third-order valence-corrected chi connectivity index (χ3v) is 8.46. The Kier molecular flexibility index (Phi) is 7.46. The Morgan fingerprint density at radius 1 is 0.448 bits per heavy atom. The van der Waals surface area contributed by atoms with Gasteiger partial charge in [-0.3, -0.25) is 4.79 Å². The van der Waals surface area contributed by atoms with Crippen molar-refractivity contribution in [1.29, 1.82) is 0 Å². The van der Waals surface area contributed by atoms with Crippen LogP contribution in [0.15, 0.2) is 17.2 Å². The SMILES string of the molecule is O=c1c(-c2c(Cl)c(Cl)c(Cl)c(Cl)c2Cl)c[nH]cc1-c1c(Cl)c(Cl)c(Cl)c(Cl)c1Cl. The number of nitrogens with one attached hydrogen (secondary N) is 1. The van der Waals surface area contributed by atoms with Crippen LogP contribution in [0, 0.1) is 0 Å². The first-order valence-corrected chi connectivity index (χ1v) is 11.0. The summed E-state index contributed by atoms with van der Waals surface area (Å²) in [5.41, 5.74) is -0.330. The van der Waals surface area contributed by atoms with Gasteiger partial charge in [0, 0.05) is 34.6 Å². The lowest BCUT2D eigenvalue weighted by molar-refractivity contribution is 1.30. The average Bonchev–Trinajstić information content (AvgIpc) is 2.70. The van der Waals surface area contributed by atoms with Crippen LogP contribution in [-0.4, -0.2) is 4.98 Å². The molecule has 0 amide bonds. The molecule has 3 rings (SSSR count). The number of H-pyrrole nitrogens is 1. The standard InChI is InChI=1S/C17H3Cl10NO/c18-7-5(8(19)12(23)15(26)11(7)22)3-1-28-2-4(17(3)29)6-9(20)13(24)16(27)14(25)10(6)21/h1-2H,(H,28,29). The van der Waals surface area contributed by atoms with Crippen molar-refractivity contribution in [2.45, 2.75) is 0 Å². The number of hydrogen-bond donors (Lipinski definition) is 1. The zero-order valence-electron chi connectivity index (χ0n) is 13.3. The molecule has 1 N–H and O–H groups in total. The molecule has 2 nitrogen and oxygen atoms in total. The van der Waals surface area contributed by atoms with Crippen molar-refractivity contribution in [3.63, 3.8) is 0 Å². The first-order valence-electron chi connectivity index (χ1n) is 7.25. The molecular weight excluding hydrogens is 589 g/mol. The lowest BCUT2D eigenvalue weighted by Gasteiger charge is -2.15. The van der Waals surface area contributed by atoms with Gasteiger partial charge in [-0.15, -0.1) is 0 Å². The van der Waals surface area contributed by atoms with Crippen molar-refractivity contribution in [3.05, 3.63) is 72.8 Å². The molecular formula is C17H3Cl10NO. The smallest absolute Gasteiger partial charge is 0.197 e. The second-order valence-electron chi connectivity index (χ2n) is 5.50. The third kappa shape index (κ3) is 3.96. The van der Waals surface area contributed by atoms with Crippen molar-refractivity contribution in [2.75, 3.05) is 0 Å². The molecule has 0 saturated carbocycles. The van der Waals surface area contributed by atoms with Crippen LogP contribution in [0.2, 0.25) is 50.2 Å². The fourth-order valence-corrected chi connectivity index (χ4v) is 5.22. The van der Waals surface area contributed by atoms with Gasteiger partial charge >= 0.3 is 0 Å². The first kappa shape index (κ1) is 23.9.